The number of benzene rings is 1. The minimum atomic E-state index is -0.465. The van der Waals surface area contributed by atoms with Crippen molar-refractivity contribution >= 4 is 5.97 Å². The SMILES string of the molecule is CCC(C)(C)CC(c1ccc(C(=O)OC(C)(C)C(C)C)cc1)C(C)(C)CC. The van der Waals surface area contributed by atoms with Crippen LogP contribution in [0, 0.1) is 16.7 Å². The Bertz CT molecular complexity index is 606. The number of hydrogen-bond donors (Lipinski definition) is 0. The summed E-state index contributed by atoms with van der Waals surface area (Å²) >= 11 is 0. The summed E-state index contributed by atoms with van der Waals surface area (Å²) in [5, 5.41) is 0. The Kier molecular flexibility index (Phi) is 7.73. The van der Waals surface area contributed by atoms with Crippen molar-refractivity contribution in [3.8, 4) is 0 Å². The predicted molar refractivity (Wildman–Crippen MR) is 116 cm³/mol. The van der Waals surface area contributed by atoms with Crippen LogP contribution < -0.4 is 0 Å². The molecule has 0 amide bonds. The first-order valence-corrected chi connectivity index (χ1v) is 10.6. The molecule has 0 spiro atoms. The first kappa shape index (κ1) is 23.7. The zero-order valence-corrected chi connectivity index (χ0v) is 19.4. The molecule has 2 heteroatoms. The normalized spacial score (nSPS) is 14.3. The van der Waals surface area contributed by atoms with Crippen molar-refractivity contribution in [1.82, 2.24) is 0 Å². The number of hydrogen-bond acceptors (Lipinski definition) is 2. The van der Waals surface area contributed by atoms with Crippen LogP contribution >= 0.6 is 0 Å². The lowest BCUT2D eigenvalue weighted by Crippen LogP contribution is -2.33. The molecule has 0 radical (unpaired) electrons. The molecule has 1 unspecified atom stereocenters. The smallest absolute Gasteiger partial charge is 0.338 e. The Balaban J connectivity index is 3.10. The van der Waals surface area contributed by atoms with Crippen LogP contribution in [0.2, 0.25) is 0 Å². The average molecular weight is 375 g/mol. The van der Waals surface area contributed by atoms with Gasteiger partial charge in [-0.15, -0.1) is 0 Å². The lowest BCUT2D eigenvalue weighted by Gasteiger charge is -2.39. The van der Waals surface area contributed by atoms with Gasteiger partial charge in [0.15, 0.2) is 0 Å². The van der Waals surface area contributed by atoms with E-state index in [9.17, 15) is 4.79 Å². The second kappa shape index (κ2) is 8.80. The van der Waals surface area contributed by atoms with Gasteiger partial charge in [-0.25, -0.2) is 4.79 Å². The highest BCUT2D eigenvalue weighted by molar-refractivity contribution is 5.89. The highest BCUT2D eigenvalue weighted by Crippen LogP contribution is 2.46. The van der Waals surface area contributed by atoms with Gasteiger partial charge >= 0.3 is 5.97 Å². The van der Waals surface area contributed by atoms with Gasteiger partial charge in [0.05, 0.1) is 5.56 Å². The lowest BCUT2D eigenvalue weighted by molar-refractivity contribution is -0.0222. The molecule has 0 saturated heterocycles. The molecule has 0 aliphatic carbocycles. The van der Waals surface area contributed by atoms with Crippen LogP contribution in [0.5, 0.6) is 0 Å². The fourth-order valence-corrected chi connectivity index (χ4v) is 3.06. The van der Waals surface area contributed by atoms with Gasteiger partial charge < -0.3 is 4.74 Å². The Labute approximate surface area is 168 Å². The minimum absolute atomic E-state index is 0.216. The van der Waals surface area contributed by atoms with Crippen LogP contribution in [0.1, 0.15) is 110 Å². The maximum atomic E-state index is 12.6. The van der Waals surface area contributed by atoms with Gasteiger partial charge in [0.1, 0.15) is 5.60 Å². The predicted octanol–water partition coefficient (Wildman–Crippen LogP) is 7.62. The Hall–Kier alpha value is -1.31. The quantitative estimate of drug-likeness (QED) is 0.415. The van der Waals surface area contributed by atoms with E-state index in [0.29, 0.717) is 16.9 Å². The Morgan fingerprint density at radius 1 is 0.926 bits per heavy atom. The summed E-state index contributed by atoms with van der Waals surface area (Å²) < 4.78 is 5.73. The van der Waals surface area contributed by atoms with Crippen LogP contribution in [0.4, 0.5) is 0 Å². The third-order valence-electron chi connectivity index (χ3n) is 6.86. The molecule has 2 nitrogen and oxygen atoms in total. The van der Waals surface area contributed by atoms with Gasteiger partial charge in [-0.05, 0) is 60.6 Å². The summed E-state index contributed by atoms with van der Waals surface area (Å²) in [6, 6.07) is 8.14. The van der Waals surface area contributed by atoms with E-state index >= 15 is 0 Å². The summed E-state index contributed by atoms with van der Waals surface area (Å²) in [6.45, 7) is 22.0. The second-order valence-electron chi connectivity index (χ2n) is 10.4. The average Bonchev–Trinajstić information content (AvgIpc) is 2.59. The largest absolute Gasteiger partial charge is 0.456 e. The third kappa shape index (κ3) is 6.36. The van der Waals surface area contributed by atoms with E-state index < -0.39 is 5.60 Å². The summed E-state index contributed by atoms with van der Waals surface area (Å²) in [7, 11) is 0. The molecular formula is C25H42O2. The molecule has 0 aliphatic heterocycles. The van der Waals surface area contributed by atoms with Gasteiger partial charge in [0, 0.05) is 0 Å². The second-order valence-corrected chi connectivity index (χ2v) is 10.4. The van der Waals surface area contributed by atoms with E-state index in [1.807, 2.05) is 26.0 Å². The van der Waals surface area contributed by atoms with Crippen LogP contribution in [-0.4, -0.2) is 11.6 Å². The number of esters is 1. The zero-order valence-electron chi connectivity index (χ0n) is 19.4. The summed E-state index contributed by atoms with van der Waals surface area (Å²) in [4.78, 5) is 12.6. The molecule has 0 aromatic heterocycles. The van der Waals surface area contributed by atoms with Crippen molar-refractivity contribution in [2.24, 2.45) is 16.7 Å². The Morgan fingerprint density at radius 2 is 1.44 bits per heavy atom. The molecule has 1 rings (SSSR count). The number of rotatable bonds is 9. The maximum Gasteiger partial charge on any atom is 0.338 e. The lowest BCUT2D eigenvalue weighted by atomic mass is 9.66. The van der Waals surface area contributed by atoms with Crippen molar-refractivity contribution in [2.45, 2.75) is 100 Å². The fraction of sp³-hybridized carbons (Fsp3) is 0.720. The number of carbonyl (C=O) groups excluding carboxylic acids is 1. The monoisotopic (exact) mass is 374 g/mol. The van der Waals surface area contributed by atoms with E-state index in [-0.39, 0.29) is 17.3 Å². The van der Waals surface area contributed by atoms with Crippen LogP contribution in [0.3, 0.4) is 0 Å². The van der Waals surface area contributed by atoms with Gasteiger partial charge in [-0.1, -0.05) is 80.4 Å². The van der Waals surface area contributed by atoms with E-state index in [0.717, 1.165) is 19.3 Å². The van der Waals surface area contributed by atoms with Crippen molar-refractivity contribution in [2.75, 3.05) is 0 Å². The van der Waals surface area contributed by atoms with Crippen LogP contribution in [-0.2, 0) is 4.74 Å². The van der Waals surface area contributed by atoms with Crippen molar-refractivity contribution in [3.05, 3.63) is 35.4 Å². The summed E-state index contributed by atoms with van der Waals surface area (Å²) in [5.74, 6) is 0.502. The maximum absolute atomic E-state index is 12.6. The molecular weight excluding hydrogens is 332 g/mol. The molecule has 1 aromatic rings. The molecule has 27 heavy (non-hydrogen) atoms. The van der Waals surface area contributed by atoms with Crippen molar-refractivity contribution in [1.29, 1.82) is 0 Å². The molecule has 0 N–H and O–H groups in total. The number of ether oxygens (including phenoxy) is 1. The highest BCUT2D eigenvalue weighted by atomic mass is 16.6. The van der Waals surface area contributed by atoms with E-state index in [1.165, 1.54) is 5.56 Å². The summed E-state index contributed by atoms with van der Waals surface area (Å²) in [6.07, 6.45) is 3.44. The van der Waals surface area contributed by atoms with Gasteiger partial charge in [-0.2, -0.15) is 0 Å². The molecule has 154 valence electrons. The minimum Gasteiger partial charge on any atom is -0.456 e. The molecule has 0 aliphatic rings. The van der Waals surface area contributed by atoms with Crippen molar-refractivity contribution in [3.63, 3.8) is 0 Å². The highest BCUT2D eigenvalue weighted by Gasteiger charge is 2.34. The fourth-order valence-electron chi connectivity index (χ4n) is 3.06. The van der Waals surface area contributed by atoms with E-state index in [1.54, 1.807) is 0 Å². The molecule has 0 bridgehead atoms. The van der Waals surface area contributed by atoms with Crippen LogP contribution in [0.25, 0.3) is 0 Å². The zero-order chi connectivity index (χ0) is 21.0. The van der Waals surface area contributed by atoms with Gasteiger partial charge in [0.25, 0.3) is 0 Å². The first-order valence-electron chi connectivity index (χ1n) is 10.6. The molecule has 1 aromatic carbocycles. The molecule has 0 heterocycles. The third-order valence-corrected chi connectivity index (χ3v) is 6.86. The summed E-state index contributed by atoms with van der Waals surface area (Å²) in [5.41, 5.74) is 2.01. The topological polar surface area (TPSA) is 26.3 Å². The molecule has 1 atom stereocenters. The van der Waals surface area contributed by atoms with E-state index in [4.69, 9.17) is 4.74 Å². The van der Waals surface area contributed by atoms with Gasteiger partial charge in [0.2, 0.25) is 0 Å². The van der Waals surface area contributed by atoms with Crippen molar-refractivity contribution < 1.29 is 9.53 Å². The number of carbonyl (C=O) groups is 1. The van der Waals surface area contributed by atoms with Gasteiger partial charge in [-0.3, -0.25) is 0 Å². The Morgan fingerprint density at radius 3 is 1.85 bits per heavy atom. The molecule has 0 fully saturated rings. The first-order chi connectivity index (χ1) is 12.3. The standard InChI is InChI=1S/C25H42O2/c1-11-23(5,6)17-21(24(7,8)12-2)19-13-15-20(16-14-19)22(26)27-25(9,10)18(3)4/h13-16,18,21H,11-12,17H2,1-10H3. The molecule has 0 saturated carbocycles. The van der Waals surface area contributed by atoms with E-state index in [2.05, 4.69) is 67.5 Å². The van der Waals surface area contributed by atoms with Crippen LogP contribution in [0.15, 0.2) is 24.3 Å².